The summed E-state index contributed by atoms with van der Waals surface area (Å²) in [5.74, 6) is 0.559. The average molecular weight is 263 g/mol. The maximum Gasteiger partial charge on any atom is 0.123 e. The van der Waals surface area contributed by atoms with Gasteiger partial charge in [-0.25, -0.2) is 4.98 Å². The second-order valence-corrected chi connectivity index (χ2v) is 4.20. The molecule has 2 nitrogen and oxygen atoms in total. The number of halogens is 1. The van der Waals surface area contributed by atoms with E-state index in [0.29, 0.717) is 5.82 Å². The Morgan fingerprint density at radius 2 is 1.80 bits per heavy atom. The summed E-state index contributed by atoms with van der Waals surface area (Å²) in [6, 6.07) is 11.9. The van der Waals surface area contributed by atoms with Crippen LogP contribution in [0, 0.1) is 6.92 Å². The Bertz CT molecular complexity index is 495. The number of aryl methyl sites for hydroxylation is 1. The van der Waals surface area contributed by atoms with Gasteiger partial charge in [-0.1, -0.05) is 34.1 Å². The predicted octanol–water partition coefficient (Wildman–Crippen LogP) is 3.40. The topological polar surface area (TPSA) is 38.9 Å². The Morgan fingerprint density at radius 3 is 2.47 bits per heavy atom. The fourth-order valence-electron chi connectivity index (χ4n) is 1.54. The molecule has 0 aliphatic rings. The molecule has 2 aromatic rings. The van der Waals surface area contributed by atoms with Gasteiger partial charge in [0.25, 0.3) is 0 Å². The average Bonchev–Trinajstić information content (AvgIpc) is 2.20. The van der Waals surface area contributed by atoms with Crippen LogP contribution in [0.5, 0.6) is 0 Å². The Hall–Kier alpha value is -1.35. The lowest BCUT2D eigenvalue weighted by molar-refractivity contribution is 1.21. The number of nitrogens with two attached hydrogens (primary N) is 1. The van der Waals surface area contributed by atoms with Crippen molar-refractivity contribution < 1.29 is 0 Å². The summed E-state index contributed by atoms with van der Waals surface area (Å²) >= 11 is 3.53. The molecule has 0 bridgehead atoms. The Morgan fingerprint density at radius 1 is 1.07 bits per heavy atom. The molecule has 2 N–H and O–H groups in total. The summed E-state index contributed by atoms with van der Waals surface area (Å²) in [6.45, 7) is 1.96. The lowest BCUT2D eigenvalue weighted by Crippen LogP contribution is -1.94. The molecule has 0 unspecified atom stereocenters. The minimum Gasteiger partial charge on any atom is -0.384 e. The fourth-order valence-corrected chi connectivity index (χ4v) is 2.04. The van der Waals surface area contributed by atoms with Crippen LogP contribution in [0.4, 0.5) is 5.82 Å². The summed E-state index contributed by atoms with van der Waals surface area (Å²) in [5, 5.41) is 0. The van der Waals surface area contributed by atoms with Gasteiger partial charge in [-0.05, 0) is 30.7 Å². The Labute approximate surface area is 97.3 Å². The standard InChI is InChI=1S/C12H11BrN2/c1-8-9(6-7-12(14)15-8)10-4-2-3-5-11(10)13/h2-7H,1H3,(H2,14,15). The lowest BCUT2D eigenvalue weighted by Gasteiger charge is -2.07. The molecular weight excluding hydrogens is 252 g/mol. The first-order valence-electron chi connectivity index (χ1n) is 4.66. The van der Waals surface area contributed by atoms with Crippen molar-refractivity contribution in [2.75, 3.05) is 5.73 Å². The molecule has 0 aliphatic heterocycles. The van der Waals surface area contributed by atoms with Crippen LogP contribution < -0.4 is 5.73 Å². The van der Waals surface area contributed by atoms with Crippen molar-refractivity contribution in [1.29, 1.82) is 0 Å². The SMILES string of the molecule is Cc1nc(N)ccc1-c1ccccc1Br. The Kier molecular flexibility index (Phi) is 2.73. The van der Waals surface area contributed by atoms with Gasteiger partial charge in [0.15, 0.2) is 0 Å². The highest BCUT2D eigenvalue weighted by Crippen LogP contribution is 2.29. The van der Waals surface area contributed by atoms with E-state index >= 15 is 0 Å². The molecule has 1 aromatic carbocycles. The monoisotopic (exact) mass is 262 g/mol. The molecule has 0 atom stereocenters. The highest BCUT2D eigenvalue weighted by Gasteiger charge is 2.05. The molecule has 0 spiro atoms. The quantitative estimate of drug-likeness (QED) is 0.856. The smallest absolute Gasteiger partial charge is 0.123 e. The molecule has 0 amide bonds. The van der Waals surface area contributed by atoms with Crippen molar-refractivity contribution >= 4 is 21.7 Å². The molecule has 76 valence electrons. The van der Waals surface area contributed by atoms with Gasteiger partial charge in [0.1, 0.15) is 5.82 Å². The van der Waals surface area contributed by atoms with E-state index in [0.717, 1.165) is 21.3 Å². The van der Waals surface area contributed by atoms with Crippen molar-refractivity contribution in [2.24, 2.45) is 0 Å². The number of nitrogens with zero attached hydrogens (tertiary/aromatic N) is 1. The molecule has 0 fully saturated rings. The minimum absolute atomic E-state index is 0.559. The number of pyridine rings is 1. The van der Waals surface area contributed by atoms with Crippen molar-refractivity contribution in [3.8, 4) is 11.1 Å². The van der Waals surface area contributed by atoms with E-state index in [1.54, 1.807) is 0 Å². The number of aromatic nitrogens is 1. The van der Waals surface area contributed by atoms with Crippen LogP contribution in [0.25, 0.3) is 11.1 Å². The number of hydrogen-bond donors (Lipinski definition) is 1. The first kappa shape index (κ1) is 10.2. The largest absolute Gasteiger partial charge is 0.384 e. The summed E-state index contributed by atoms with van der Waals surface area (Å²) in [5.41, 5.74) is 8.82. The van der Waals surface area contributed by atoms with Gasteiger partial charge in [0.2, 0.25) is 0 Å². The molecule has 0 aliphatic carbocycles. The molecule has 0 saturated carbocycles. The molecule has 0 radical (unpaired) electrons. The number of hydrogen-bond acceptors (Lipinski definition) is 2. The van der Waals surface area contributed by atoms with E-state index in [2.05, 4.69) is 27.0 Å². The third kappa shape index (κ3) is 2.02. The number of nitrogen functional groups attached to an aromatic ring is 1. The minimum atomic E-state index is 0.559. The molecule has 2 rings (SSSR count). The van der Waals surface area contributed by atoms with Crippen LogP contribution in [0.3, 0.4) is 0 Å². The summed E-state index contributed by atoms with van der Waals surface area (Å²) in [6.07, 6.45) is 0. The third-order valence-corrected chi connectivity index (χ3v) is 2.96. The summed E-state index contributed by atoms with van der Waals surface area (Å²) in [4.78, 5) is 4.25. The van der Waals surface area contributed by atoms with Gasteiger partial charge < -0.3 is 5.73 Å². The molecule has 3 heteroatoms. The van der Waals surface area contributed by atoms with E-state index in [9.17, 15) is 0 Å². The van der Waals surface area contributed by atoms with Crippen LogP contribution in [-0.4, -0.2) is 4.98 Å². The molecule has 0 saturated heterocycles. The second kappa shape index (κ2) is 4.03. The Balaban J connectivity index is 2.60. The van der Waals surface area contributed by atoms with E-state index in [-0.39, 0.29) is 0 Å². The summed E-state index contributed by atoms with van der Waals surface area (Å²) < 4.78 is 1.07. The zero-order valence-electron chi connectivity index (χ0n) is 8.37. The highest BCUT2D eigenvalue weighted by molar-refractivity contribution is 9.10. The van der Waals surface area contributed by atoms with Crippen LogP contribution >= 0.6 is 15.9 Å². The first-order valence-corrected chi connectivity index (χ1v) is 5.46. The third-order valence-electron chi connectivity index (χ3n) is 2.27. The number of anilines is 1. The van der Waals surface area contributed by atoms with Crippen LogP contribution in [-0.2, 0) is 0 Å². The van der Waals surface area contributed by atoms with Crippen molar-refractivity contribution in [1.82, 2.24) is 4.98 Å². The van der Waals surface area contributed by atoms with Gasteiger partial charge in [-0.2, -0.15) is 0 Å². The van der Waals surface area contributed by atoms with Gasteiger partial charge >= 0.3 is 0 Å². The summed E-state index contributed by atoms with van der Waals surface area (Å²) in [7, 11) is 0. The molecular formula is C12H11BrN2. The first-order chi connectivity index (χ1) is 7.18. The fraction of sp³-hybridized carbons (Fsp3) is 0.0833. The van der Waals surface area contributed by atoms with E-state index in [1.807, 2.05) is 37.3 Å². The van der Waals surface area contributed by atoms with Crippen LogP contribution in [0.15, 0.2) is 40.9 Å². The van der Waals surface area contributed by atoms with Crippen molar-refractivity contribution in [2.45, 2.75) is 6.92 Å². The van der Waals surface area contributed by atoms with Gasteiger partial charge in [0, 0.05) is 15.7 Å². The van der Waals surface area contributed by atoms with Crippen molar-refractivity contribution in [3.05, 3.63) is 46.6 Å². The van der Waals surface area contributed by atoms with Crippen LogP contribution in [0.2, 0.25) is 0 Å². The maximum atomic E-state index is 5.62. The number of benzene rings is 1. The maximum absolute atomic E-state index is 5.62. The van der Waals surface area contributed by atoms with E-state index in [4.69, 9.17) is 5.73 Å². The zero-order chi connectivity index (χ0) is 10.8. The van der Waals surface area contributed by atoms with E-state index in [1.165, 1.54) is 0 Å². The van der Waals surface area contributed by atoms with Gasteiger partial charge in [-0.15, -0.1) is 0 Å². The van der Waals surface area contributed by atoms with Crippen molar-refractivity contribution in [3.63, 3.8) is 0 Å². The normalized spacial score (nSPS) is 10.3. The number of rotatable bonds is 1. The highest BCUT2D eigenvalue weighted by atomic mass is 79.9. The second-order valence-electron chi connectivity index (χ2n) is 3.35. The molecule has 1 aromatic heterocycles. The zero-order valence-corrected chi connectivity index (χ0v) is 9.95. The molecule has 15 heavy (non-hydrogen) atoms. The van der Waals surface area contributed by atoms with Gasteiger partial charge in [-0.3, -0.25) is 0 Å². The predicted molar refractivity (Wildman–Crippen MR) is 66.5 cm³/mol. The van der Waals surface area contributed by atoms with Gasteiger partial charge in [0.05, 0.1) is 0 Å². The van der Waals surface area contributed by atoms with Crippen LogP contribution in [0.1, 0.15) is 5.69 Å². The molecule has 1 heterocycles. The van der Waals surface area contributed by atoms with E-state index < -0.39 is 0 Å². The lowest BCUT2D eigenvalue weighted by atomic mass is 10.0.